The van der Waals surface area contributed by atoms with Crippen LogP contribution in [0.3, 0.4) is 0 Å². The average molecular weight is 517 g/mol. The van der Waals surface area contributed by atoms with E-state index in [1.807, 2.05) is 60.8 Å². The van der Waals surface area contributed by atoms with Crippen LogP contribution in [-0.2, 0) is 15.0 Å². The predicted octanol–water partition coefficient (Wildman–Crippen LogP) is 5.40. The molecule has 2 aromatic heterocycles. The maximum atomic E-state index is 13.5. The number of aryl methyl sites for hydroxylation is 2. The summed E-state index contributed by atoms with van der Waals surface area (Å²) in [6.07, 6.45) is 2.62. The zero-order valence-corrected chi connectivity index (χ0v) is 23.7. The van der Waals surface area contributed by atoms with E-state index >= 15 is 0 Å². The number of ketones is 1. The highest BCUT2D eigenvalue weighted by Crippen LogP contribution is 2.40. The number of fused-ring (bicyclic) bond motifs is 1. The lowest BCUT2D eigenvalue weighted by atomic mass is 9.85. The van der Waals surface area contributed by atoms with E-state index < -0.39 is 17.7 Å². The van der Waals surface area contributed by atoms with Crippen LogP contribution in [0, 0.1) is 13.8 Å². The third-order valence-electron chi connectivity index (χ3n) is 7.71. The van der Waals surface area contributed by atoms with E-state index in [1.54, 1.807) is 4.90 Å². The number of aromatic nitrogens is 2. The number of amides is 1. The molecule has 0 saturated carbocycles. The third-order valence-corrected chi connectivity index (χ3v) is 7.71. The molecule has 1 N–H and O–H groups in total. The molecular weight excluding hydrogens is 476 g/mol. The van der Waals surface area contributed by atoms with Crippen molar-refractivity contribution < 1.29 is 14.7 Å². The Morgan fingerprint density at radius 2 is 1.71 bits per heavy atom. The molecule has 1 atom stereocenters. The van der Waals surface area contributed by atoms with Crippen LogP contribution < -0.4 is 0 Å². The number of imidazole rings is 1. The number of carbonyl (C=O) groups excluding carboxylic acids is 2. The van der Waals surface area contributed by atoms with Crippen LogP contribution in [-0.4, -0.2) is 62.2 Å². The van der Waals surface area contributed by atoms with Gasteiger partial charge in [0.15, 0.2) is 5.76 Å². The summed E-state index contributed by atoms with van der Waals surface area (Å²) in [4.78, 5) is 35.5. The zero-order chi connectivity index (χ0) is 27.8. The molecule has 1 aliphatic heterocycles. The Labute approximate surface area is 225 Å². The van der Waals surface area contributed by atoms with Crippen molar-refractivity contribution in [3.63, 3.8) is 0 Å². The van der Waals surface area contributed by atoms with Crippen molar-refractivity contribution in [3.05, 3.63) is 76.2 Å². The molecule has 1 aromatic carbocycles. The molecule has 4 rings (SSSR count). The Hall–Kier alpha value is -3.45. The SMILES string of the molecule is CCN(CC)CCCN1C(=O)C(=O)C(=C(O)c2nc3c(C)cccn3c2C)C1c1ccc(C(C)(C)C)cc1. The number of pyridine rings is 1. The van der Waals surface area contributed by atoms with Crippen molar-refractivity contribution in [1.29, 1.82) is 0 Å². The molecule has 202 valence electrons. The van der Waals surface area contributed by atoms with E-state index in [4.69, 9.17) is 0 Å². The van der Waals surface area contributed by atoms with Gasteiger partial charge in [-0.15, -0.1) is 0 Å². The molecule has 7 nitrogen and oxygen atoms in total. The lowest BCUT2D eigenvalue weighted by Crippen LogP contribution is -2.33. The van der Waals surface area contributed by atoms with Gasteiger partial charge in [-0.05, 0) is 68.1 Å². The summed E-state index contributed by atoms with van der Waals surface area (Å²) >= 11 is 0. The summed E-state index contributed by atoms with van der Waals surface area (Å²) in [5.41, 5.74) is 4.76. The van der Waals surface area contributed by atoms with Crippen molar-refractivity contribution in [3.8, 4) is 0 Å². The van der Waals surface area contributed by atoms with Crippen LogP contribution in [0.5, 0.6) is 0 Å². The zero-order valence-electron chi connectivity index (χ0n) is 23.7. The average Bonchev–Trinajstić information content (AvgIpc) is 3.36. The molecule has 1 amide bonds. The molecular formula is C31H40N4O3. The Kier molecular flexibility index (Phi) is 7.79. The number of aliphatic hydroxyl groups is 1. The van der Waals surface area contributed by atoms with E-state index in [0.717, 1.165) is 48.4 Å². The van der Waals surface area contributed by atoms with Gasteiger partial charge in [-0.3, -0.25) is 9.59 Å². The topological polar surface area (TPSA) is 78.2 Å². The summed E-state index contributed by atoms with van der Waals surface area (Å²) in [6.45, 7) is 17.6. The fourth-order valence-electron chi connectivity index (χ4n) is 5.30. The van der Waals surface area contributed by atoms with Crippen molar-refractivity contribution in [1.82, 2.24) is 19.2 Å². The maximum absolute atomic E-state index is 13.5. The fourth-order valence-corrected chi connectivity index (χ4v) is 5.30. The molecule has 1 fully saturated rings. The van der Waals surface area contributed by atoms with E-state index in [0.29, 0.717) is 17.9 Å². The fraction of sp³-hybridized carbons (Fsp3) is 0.452. The van der Waals surface area contributed by atoms with Gasteiger partial charge >= 0.3 is 0 Å². The first-order valence-corrected chi connectivity index (χ1v) is 13.5. The Bertz CT molecular complexity index is 1370. The van der Waals surface area contributed by atoms with Gasteiger partial charge in [0.25, 0.3) is 11.7 Å². The van der Waals surface area contributed by atoms with Crippen molar-refractivity contribution in [2.45, 2.75) is 66.3 Å². The van der Waals surface area contributed by atoms with Gasteiger partial charge in [-0.1, -0.05) is 65.0 Å². The van der Waals surface area contributed by atoms with E-state index in [9.17, 15) is 14.7 Å². The van der Waals surface area contributed by atoms with Gasteiger partial charge in [0.05, 0.1) is 17.3 Å². The number of aliphatic hydroxyl groups excluding tert-OH is 1. The van der Waals surface area contributed by atoms with Crippen LogP contribution in [0.4, 0.5) is 0 Å². The summed E-state index contributed by atoms with van der Waals surface area (Å²) in [6, 6.07) is 11.2. The number of rotatable bonds is 8. The Balaban J connectivity index is 1.83. The number of likely N-dealkylation sites (tertiary alicyclic amines) is 1. The number of Topliss-reactive ketones (excluding diaryl/α,β-unsaturated/α-hetero) is 1. The van der Waals surface area contributed by atoms with E-state index in [2.05, 4.69) is 44.5 Å². The van der Waals surface area contributed by atoms with Gasteiger partial charge in [0.1, 0.15) is 11.3 Å². The van der Waals surface area contributed by atoms with Gasteiger partial charge < -0.3 is 19.3 Å². The number of carbonyl (C=O) groups is 2. The monoisotopic (exact) mass is 516 g/mol. The molecule has 3 aromatic rings. The first-order chi connectivity index (χ1) is 18.0. The van der Waals surface area contributed by atoms with Crippen LogP contribution in [0.2, 0.25) is 0 Å². The summed E-state index contributed by atoms with van der Waals surface area (Å²) in [5.74, 6) is -1.46. The lowest BCUT2D eigenvalue weighted by Gasteiger charge is -2.27. The Morgan fingerprint density at radius 3 is 2.29 bits per heavy atom. The van der Waals surface area contributed by atoms with Crippen molar-refractivity contribution in [2.75, 3.05) is 26.2 Å². The molecule has 0 spiro atoms. The van der Waals surface area contributed by atoms with Crippen LogP contribution >= 0.6 is 0 Å². The predicted molar refractivity (Wildman–Crippen MR) is 151 cm³/mol. The van der Waals surface area contributed by atoms with E-state index in [-0.39, 0.29) is 16.7 Å². The highest BCUT2D eigenvalue weighted by molar-refractivity contribution is 6.46. The number of hydrogen-bond acceptors (Lipinski definition) is 5. The van der Waals surface area contributed by atoms with Gasteiger partial charge in [0.2, 0.25) is 0 Å². The first-order valence-electron chi connectivity index (χ1n) is 13.5. The second-order valence-electron chi connectivity index (χ2n) is 11.2. The standard InChI is InChI=1S/C31H40N4O3/c1-8-33(9-2)17-11-19-35-26(22-13-15-23(16-14-22)31(5,6)7)24(28(37)30(35)38)27(36)25-21(4)34-18-10-12-20(3)29(34)32-25/h10,12-16,18,26,36H,8-9,11,17,19H2,1-7H3. The van der Waals surface area contributed by atoms with Crippen LogP contribution in [0.1, 0.15) is 75.2 Å². The quantitative estimate of drug-likeness (QED) is 0.246. The third kappa shape index (κ3) is 4.99. The van der Waals surface area contributed by atoms with Gasteiger partial charge in [-0.2, -0.15) is 0 Å². The number of benzene rings is 1. The van der Waals surface area contributed by atoms with Gasteiger partial charge in [-0.25, -0.2) is 4.98 Å². The second kappa shape index (κ2) is 10.7. The second-order valence-corrected chi connectivity index (χ2v) is 11.2. The highest BCUT2D eigenvalue weighted by atomic mass is 16.3. The van der Waals surface area contributed by atoms with Gasteiger partial charge in [0, 0.05) is 12.7 Å². The minimum absolute atomic E-state index is 0.0321. The van der Waals surface area contributed by atoms with Crippen LogP contribution in [0.25, 0.3) is 11.4 Å². The molecule has 0 aliphatic carbocycles. The largest absolute Gasteiger partial charge is 0.505 e. The summed E-state index contributed by atoms with van der Waals surface area (Å²) < 4.78 is 1.90. The van der Waals surface area contributed by atoms with Crippen LogP contribution in [0.15, 0.2) is 48.2 Å². The molecule has 3 heterocycles. The summed E-state index contributed by atoms with van der Waals surface area (Å²) in [5, 5.41) is 11.6. The smallest absolute Gasteiger partial charge is 0.295 e. The minimum Gasteiger partial charge on any atom is -0.505 e. The van der Waals surface area contributed by atoms with Crippen molar-refractivity contribution >= 4 is 23.1 Å². The molecule has 1 saturated heterocycles. The molecule has 0 radical (unpaired) electrons. The Morgan fingerprint density at radius 1 is 1.05 bits per heavy atom. The van der Waals surface area contributed by atoms with Crippen molar-refractivity contribution in [2.24, 2.45) is 0 Å². The number of hydrogen-bond donors (Lipinski definition) is 1. The first kappa shape index (κ1) is 27.6. The molecule has 1 aliphatic rings. The summed E-state index contributed by atoms with van der Waals surface area (Å²) in [7, 11) is 0. The minimum atomic E-state index is -0.675. The molecule has 1 unspecified atom stereocenters. The normalized spacial score (nSPS) is 17.8. The maximum Gasteiger partial charge on any atom is 0.295 e. The number of nitrogens with zero attached hydrogens (tertiary/aromatic N) is 4. The molecule has 0 bridgehead atoms. The molecule has 7 heteroatoms. The lowest BCUT2D eigenvalue weighted by molar-refractivity contribution is -0.140. The highest BCUT2D eigenvalue weighted by Gasteiger charge is 2.46. The van der Waals surface area contributed by atoms with E-state index in [1.165, 1.54) is 0 Å². The molecule has 38 heavy (non-hydrogen) atoms.